The van der Waals surface area contributed by atoms with Crippen molar-refractivity contribution < 1.29 is 18.7 Å². The van der Waals surface area contributed by atoms with E-state index in [0.29, 0.717) is 12.3 Å². The number of alkyl halides is 2. The molecule has 0 unspecified atom stereocenters. The molecule has 0 saturated carbocycles. The fourth-order valence-corrected chi connectivity index (χ4v) is 1.66. The smallest absolute Gasteiger partial charge is 0.375 e. The van der Waals surface area contributed by atoms with E-state index < -0.39 is 18.4 Å². The number of hydrogen-bond donors (Lipinski definition) is 2. The first kappa shape index (κ1) is 13.0. The molecule has 0 aliphatic carbocycles. The molecule has 0 bridgehead atoms. The van der Waals surface area contributed by atoms with Crippen LogP contribution in [0.15, 0.2) is 0 Å². The molecular formula is C6H11F2NO2S2. The summed E-state index contributed by atoms with van der Waals surface area (Å²) in [5, 5.41) is 10.4. The van der Waals surface area contributed by atoms with Crippen LogP contribution in [0.4, 0.5) is 8.78 Å². The highest BCUT2D eigenvalue weighted by Gasteiger charge is 2.37. The van der Waals surface area contributed by atoms with Gasteiger partial charge in [0, 0.05) is 12.3 Å². The molecule has 0 aromatic heterocycles. The molecule has 0 aromatic rings. The highest BCUT2D eigenvalue weighted by molar-refractivity contribution is 8.76. The molecule has 2 N–H and O–H groups in total. The number of halogens is 2. The SMILES string of the molecule is CSSCCNCC(F)(F)C(=O)O. The first-order valence-electron chi connectivity index (χ1n) is 3.48. The summed E-state index contributed by atoms with van der Waals surface area (Å²) in [6.45, 7) is -0.425. The lowest BCUT2D eigenvalue weighted by molar-refractivity contribution is -0.163. The van der Waals surface area contributed by atoms with Crippen molar-refractivity contribution in [3.8, 4) is 0 Å². The molecule has 0 spiro atoms. The number of carbonyl (C=O) groups is 1. The Labute approximate surface area is 83.0 Å². The van der Waals surface area contributed by atoms with Crippen LogP contribution in [0.25, 0.3) is 0 Å². The van der Waals surface area contributed by atoms with Crippen molar-refractivity contribution in [2.24, 2.45) is 0 Å². The van der Waals surface area contributed by atoms with Crippen molar-refractivity contribution in [2.45, 2.75) is 5.92 Å². The van der Waals surface area contributed by atoms with Crippen molar-refractivity contribution in [3.05, 3.63) is 0 Å². The summed E-state index contributed by atoms with van der Waals surface area (Å²) in [5.74, 6) is -5.07. The van der Waals surface area contributed by atoms with Gasteiger partial charge in [0.15, 0.2) is 0 Å². The number of carboxylic acid groups (broad SMARTS) is 1. The topological polar surface area (TPSA) is 49.3 Å². The molecule has 0 saturated heterocycles. The summed E-state index contributed by atoms with van der Waals surface area (Å²) >= 11 is 0. The van der Waals surface area contributed by atoms with E-state index in [4.69, 9.17) is 5.11 Å². The van der Waals surface area contributed by atoms with Gasteiger partial charge in [-0.05, 0) is 6.26 Å². The van der Waals surface area contributed by atoms with Gasteiger partial charge in [-0.2, -0.15) is 8.78 Å². The Morgan fingerprint density at radius 3 is 2.69 bits per heavy atom. The van der Waals surface area contributed by atoms with Crippen molar-refractivity contribution in [1.82, 2.24) is 5.32 Å². The normalized spacial score (nSPS) is 11.6. The molecule has 7 heteroatoms. The zero-order valence-corrected chi connectivity index (χ0v) is 8.68. The van der Waals surface area contributed by atoms with Crippen molar-refractivity contribution in [1.29, 1.82) is 0 Å². The van der Waals surface area contributed by atoms with E-state index in [9.17, 15) is 13.6 Å². The molecule has 0 radical (unpaired) electrons. The van der Waals surface area contributed by atoms with E-state index in [2.05, 4.69) is 5.32 Å². The highest BCUT2D eigenvalue weighted by Crippen LogP contribution is 2.15. The zero-order chi connectivity index (χ0) is 10.3. The second-order valence-corrected chi connectivity index (χ2v) is 4.86. The van der Waals surface area contributed by atoms with Crippen LogP contribution in [0.1, 0.15) is 0 Å². The average molecular weight is 231 g/mol. The van der Waals surface area contributed by atoms with Crippen molar-refractivity contribution in [3.63, 3.8) is 0 Å². The van der Waals surface area contributed by atoms with Crippen LogP contribution in [0, 0.1) is 0 Å². The lowest BCUT2D eigenvalue weighted by atomic mass is 10.3. The molecule has 0 aliphatic rings. The van der Waals surface area contributed by atoms with Gasteiger partial charge < -0.3 is 10.4 Å². The third-order valence-corrected chi connectivity index (χ3v) is 2.95. The van der Waals surface area contributed by atoms with E-state index in [0.717, 1.165) is 0 Å². The van der Waals surface area contributed by atoms with Gasteiger partial charge in [0.1, 0.15) is 0 Å². The van der Waals surface area contributed by atoms with Crippen LogP contribution in [0.2, 0.25) is 0 Å². The fraction of sp³-hybridized carbons (Fsp3) is 0.833. The molecule has 0 rings (SSSR count). The molecule has 0 fully saturated rings. The Bertz CT molecular complexity index is 169. The summed E-state index contributed by atoms with van der Waals surface area (Å²) in [4.78, 5) is 9.94. The number of aliphatic carboxylic acids is 1. The molecule has 0 amide bonds. The van der Waals surface area contributed by atoms with Gasteiger partial charge in [-0.3, -0.25) is 0 Å². The number of carboxylic acids is 1. The zero-order valence-electron chi connectivity index (χ0n) is 7.05. The number of rotatable bonds is 7. The molecule has 0 atom stereocenters. The predicted octanol–water partition coefficient (Wildman–Crippen LogP) is 1.31. The first-order valence-corrected chi connectivity index (χ1v) is 6.21. The minimum absolute atomic E-state index is 0.383. The summed E-state index contributed by atoms with van der Waals surface area (Å²) in [5.41, 5.74) is 0. The summed E-state index contributed by atoms with van der Waals surface area (Å²) in [6.07, 6.45) is 1.89. The van der Waals surface area contributed by atoms with Gasteiger partial charge in [0.2, 0.25) is 0 Å². The van der Waals surface area contributed by atoms with Gasteiger partial charge in [-0.1, -0.05) is 21.6 Å². The van der Waals surface area contributed by atoms with E-state index in [1.165, 1.54) is 21.6 Å². The van der Waals surface area contributed by atoms with Gasteiger partial charge >= 0.3 is 11.9 Å². The standard InChI is InChI=1S/C6H11F2NO2S2/c1-12-13-3-2-9-4-6(7,8)5(10)11/h9H,2-4H2,1H3,(H,10,11). The van der Waals surface area contributed by atoms with Gasteiger partial charge in [-0.15, -0.1) is 0 Å². The third-order valence-electron chi connectivity index (χ3n) is 1.14. The lowest BCUT2D eigenvalue weighted by Gasteiger charge is -2.11. The summed E-state index contributed by atoms with van der Waals surface area (Å²) in [6, 6.07) is 0. The maximum absolute atomic E-state index is 12.4. The second-order valence-electron chi connectivity index (χ2n) is 2.18. The van der Waals surface area contributed by atoms with Crippen LogP contribution >= 0.6 is 21.6 Å². The van der Waals surface area contributed by atoms with E-state index in [1.54, 1.807) is 0 Å². The quantitative estimate of drug-likeness (QED) is 0.511. The minimum atomic E-state index is -3.66. The Kier molecular flexibility index (Phi) is 6.44. The van der Waals surface area contributed by atoms with Crippen LogP contribution < -0.4 is 5.32 Å². The second kappa shape index (κ2) is 6.44. The highest BCUT2D eigenvalue weighted by atomic mass is 33.1. The van der Waals surface area contributed by atoms with Crippen LogP contribution in [0.3, 0.4) is 0 Å². The molecule has 0 aromatic carbocycles. The first-order chi connectivity index (χ1) is 6.00. The predicted molar refractivity (Wildman–Crippen MR) is 51.4 cm³/mol. The van der Waals surface area contributed by atoms with Crippen LogP contribution in [-0.4, -0.2) is 42.1 Å². The van der Waals surface area contributed by atoms with Gasteiger partial charge in [-0.25, -0.2) is 4.79 Å². The fourth-order valence-electron chi connectivity index (χ4n) is 0.518. The van der Waals surface area contributed by atoms with Crippen molar-refractivity contribution >= 4 is 27.6 Å². The molecule has 78 valence electrons. The monoisotopic (exact) mass is 231 g/mol. The van der Waals surface area contributed by atoms with Gasteiger partial charge in [0.25, 0.3) is 0 Å². The van der Waals surface area contributed by atoms with Crippen LogP contribution in [0.5, 0.6) is 0 Å². The summed E-state index contributed by atoms with van der Waals surface area (Å²) < 4.78 is 24.8. The lowest BCUT2D eigenvalue weighted by Crippen LogP contribution is -2.40. The third kappa shape index (κ3) is 6.11. The van der Waals surface area contributed by atoms with Gasteiger partial charge in [0.05, 0.1) is 6.54 Å². The molecular weight excluding hydrogens is 220 g/mol. The Morgan fingerprint density at radius 2 is 2.23 bits per heavy atom. The molecule has 3 nitrogen and oxygen atoms in total. The Hall–Kier alpha value is -0.0100. The Balaban J connectivity index is 3.46. The maximum atomic E-state index is 12.4. The maximum Gasteiger partial charge on any atom is 0.375 e. The van der Waals surface area contributed by atoms with E-state index in [1.807, 2.05) is 6.26 Å². The summed E-state index contributed by atoms with van der Waals surface area (Å²) in [7, 11) is 3.07. The van der Waals surface area contributed by atoms with Crippen LogP contribution in [-0.2, 0) is 4.79 Å². The van der Waals surface area contributed by atoms with E-state index in [-0.39, 0.29) is 0 Å². The largest absolute Gasteiger partial charge is 0.477 e. The molecule has 0 heterocycles. The van der Waals surface area contributed by atoms with Crippen molar-refractivity contribution in [2.75, 3.05) is 25.1 Å². The van der Waals surface area contributed by atoms with E-state index >= 15 is 0 Å². The number of hydrogen-bond acceptors (Lipinski definition) is 4. The molecule has 13 heavy (non-hydrogen) atoms. The minimum Gasteiger partial charge on any atom is -0.477 e. The average Bonchev–Trinajstić information content (AvgIpc) is 2.03. The Morgan fingerprint density at radius 1 is 1.62 bits per heavy atom. The molecule has 0 aliphatic heterocycles. The number of nitrogens with one attached hydrogen (secondary N) is 1.